The monoisotopic (exact) mass is 426 g/mol. The number of aliphatic imine (C=N–C) groups is 1. The van der Waals surface area contributed by atoms with E-state index < -0.39 is 0 Å². The van der Waals surface area contributed by atoms with Crippen LogP contribution in [0, 0.1) is 6.92 Å². The summed E-state index contributed by atoms with van der Waals surface area (Å²) in [5, 5.41) is 6.58. The van der Waals surface area contributed by atoms with Crippen LogP contribution in [0.1, 0.15) is 25.0 Å². The average Bonchev–Trinajstić information content (AvgIpc) is 2.75. The summed E-state index contributed by atoms with van der Waals surface area (Å²) in [5.41, 5.74) is 2.11. The highest BCUT2D eigenvalue weighted by Crippen LogP contribution is 2.17. The molecule has 2 aromatic rings. The van der Waals surface area contributed by atoms with Crippen molar-refractivity contribution < 1.29 is 14.3 Å². The Hall–Kier alpha value is -3.22. The summed E-state index contributed by atoms with van der Waals surface area (Å²) >= 11 is 0. The van der Waals surface area contributed by atoms with Crippen molar-refractivity contribution in [1.82, 2.24) is 15.5 Å². The number of benzene rings is 2. The van der Waals surface area contributed by atoms with E-state index in [0.717, 1.165) is 29.4 Å². The van der Waals surface area contributed by atoms with E-state index in [2.05, 4.69) is 15.6 Å². The van der Waals surface area contributed by atoms with E-state index in [-0.39, 0.29) is 18.6 Å². The molecular weight excluding hydrogens is 392 g/mol. The molecule has 0 heterocycles. The fourth-order valence-electron chi connectivity index (χ4n) is 2.71. The van der Waals surface area contributed by atoms with Crippen LogP contribution >= 0.6 is 0 Å². The molecule has 168 valence electrons. The van der Waals surface area contributed by atoms with Gasteiger partial charge in [-0.1, -0.05) is 30.3 Å². The number of amides is 1. The molecule has 0 aliphatic rings. The fourth-order valence-corrected chi connectivity index (χ4v) is 2.71. The molecule has 7 heteroatoms. The summed E-state index contributed by atoms with van der Waals surface area (Å²) in [4.78, 5) is 17.9. The lowest BCUT2D eigenvalue weighted by molar-refractivity contribution is -0.130. The number of rotatable bonds is 10. The second-order valence-corrected chi connectivity index (χ2v) is 7.49. The van der Waals surface area contributed by atoms with Gasteiger partial charge in [-0.25, -0.2) is 4.99 Å². The van der Waals surface area contributed by atoms with Crippen LogP contribution in [0.25, 0.3) is 0 Å². The summed E-state index contributed by atoms with van der Waals surface area (Å²) in [7, 11) is 3.41. The van der Waals surface area contributed by atoms with Crippen LogP contribution in [0.15, 0.2) is 53.5 Å². The quantitative estimate of drug-likeness (QED) is 0.451. The Morgan fingerprint density at radius 1 is 1.13 bits per heavy atom. The van der Waals surface area contributed by atoms with E-state index in [0.29, 0.717) is 18.8 Å². The Morgan fingerprint density at radius 2 is 1.90 bits per heavy atom. The molecular formula is C24H34N4O3. The number of aryl methyl sites for hydroxylation is 1. The molecule has 2 rings (SSSR count). The van der Waals surface area contributed by atoms with E-state index in [1.54, 1.807) is 14.1 Å². The van der Waals surface area contributed by atoms with Crippen LogP contribution in [0.4, 0.5) is 0 Å². The highest BCUT2D eigenvalue weighted by molar-refractivity contribution is 5.79. The second-order valence-electron chi connectivity index (χ2n) is 7.49. The van der Waals surface area contributed by atoms with Crippen molar-refractivity contribution in [3.63, 3.8) is 0 Å². The number of para-hydroxylation sites is 1. The van der Waals surface area contributed by atoms with Gasteiger partial charge in [0.2, 0.25) is 0 Å². The van der Waals surface area contributed by atoms with Crippen LogP contribution in [-0.4, -0.2) is 56.7 Å². The van der Waals surface area contributed by atoms with Gasteiger partial charge in [0.1, 0.15) is 17.6 Å². The zero-order chi connectivity index (χ0) is 22.6. The van der Waals surface area contributed by atoms with Crippen molar-refractivity contribution in [3.8, 4) is 11.5 Å². The third kappa shape index (κ3) is 8.58. The van der Waals surface area contributed by atoms with Gasteiger partial charge in [0.05, 0.1) is 13.1 Å². The Balaban J connectivity index is 1.91. The molecule has 1 atom stereocenters. The summed E-state index contributed by atoms with van der Waals surface area (Å²) < 4.78 is 11.6. The minimum atomic E-state index is -0.0795. The number of guanidine groups is 1. The average molecular weight is 427 g/mol. The van der Waals surface area contributed by atoms with E-state index in [9.17, 15) is 4.79 Å². The van der Waals surface area contributed by atoms with E-state index in [1.807, 2.05) is 69.3 Å². The third-order valence-electron chi connectivity index (χ3n) is 4.50. The van der Waals surface area contributed by atoms with Gasteiger partial charge in [-0.05, 0) is 50.1 Å². The molecule has 0 aromatic heterocycles. The Bertz CT molecular complexity index is 867. The molecule has 0 saturated carbocycles. The zero-order valence-electron chi connectivity index (χ0n) is 19.1. The van der Waals surface area contributed by atoms with Gasteiger partial charge in [0.15, 0.2) is 12.6 Å². The van der Waals surface area contributed by atoms with Gasteiger partial charge < -0.3 is 25.0 Å². The normalized spacial score (nSPS) is 12.1. The maximum atomic E-state index is 11.7. The van der Waals surface area contributed by atoms with Gasteiger partial charge in [-0.15, -0.1) is 0 Å². The fraction of sp³-hybridized carbons (Fsp3) is 0.417. The van der Waals surface area contributed by atoms with Crippen LogP contribution in [-0.2, 0) is 11.3 Å². The minimum Gasteiger partial charge on any atom is -0.489 e. The maximum Gasteiger partial charge on any atom is 0.259 e. The van der Waals surface area contributed by atoms with Gasteiger partial charge in [-0.3, -0.25) is 4.79 Å². The lowest BCUT2D eigenvalue weighted by Gasteiger charge is -2.18. The summed E-state index contributed by atoms with van der Waals surface area (Å²) in [5.74, 6) is 2.19. The first-order valence-corrected chi connectivity index (χ1v) is 10.6. The molecule has 7 nitrogen and oxygen atoms in total. The van der Waals surface area contributed by atoms with Crippen LogP contribution < -0.4 is 20.1 Å². The van der Waals surface area contributed by atoms with Crippen molar-refractivity contribution in [3.05, 3.63) is 59.7 Å². The van der Waals surface area contributed by atoms with Crippen molar-refractivity contribution in [2.75, 3.05) is 33.8 Å². The molecule has 0 saturated heterocycles. The second kappa shape index (κ2) is 12.5. The van der Waals surface area contributed by atoms with Crippen molar-refractivity contribution in [2.24, 2.45) is 4.99 Å². The van der Waals surface area contributed by atoms with Gasteiger partial charge in [0, 0.05) is 20.6 Å². The van der Waals surface area contributed by atoms with Gasteiger partial charge in [0.25, 0.3) is 5.91 Å². The summed E-state index contributed by atoms with van der Waals surface area (Å²) in [6, 6.07) is 15.6. The number of hydrogen-bond acceptors (Lipinski definition) is 4. The molecule has 31 heavy (non-hydrogen) atoms. The molecule has 2 N–H and O–H groups in total. The molecule has 0 aliphatic carbocycles. The first-order chi connectivity index (χ1) is 14.9. The first-order valence-electron chi connectivity index (χ1n) is 10.6. The zero-order valence-corrected chi connectivity index (χ0v) is 19.1. The smallest absolute Gasteiger partial charge is 0.259 e. The molecule has 0 fully saturated rings. The Kier molecular flexibility index (Phi) is 9.68. The van der Waals surface area contributed by atoms with Crippen LogP contribution in [0.3, 0.4) is 0 Å². The Morgan fingerprint density at radius 3 is 2.61 bits per heavy atom. The number of nitrogens with one attached hydrogen (secondary N) is 2. The predicted molar refractivity (Wildman–Crippen MR) is 125 cm³/mol. The maximum absolute atomic E-state index is 11.7. The molecule has 0 radical (unpaired) electrons. The molecule has 0 aliphatic heterocycles. The lowest BCUT2D eigenvalue weighted by Crippen LogP contribution is -2.41. The van der Waals surface area contributed by atoms with Crippen molar-refractivity contribution in [2.45, 2.75) is 33.4 Å². The lowest BCUT2D eigenvalue weighted by atomic mass is 10.2. The topological polar surface area (TPSA) is 75.2 Å². The standard InChI is InChI=1S/C24H34N4O3/c1-6-25-24(26-15-19(3)31-22-13-8-7-10-18(22)2)27-16-20-11-9-12-21(14-20)30-17-23(29)28(4)5/h7-14,19H,6,15-17H2,1-5H3,(H2,25,26,27). The predicted octanol–water partition coefficient (Wildman–Crippen LogP) is 2.98. The van der Waals surface area contributed by atoms with Gasteiger partial charge in [-0.2, -0.15) is 0 Å². The van der Waals surface area contributed by atoms with Crippen molar-refractivity contribution in [1.29, 1.82) is 0 Å². The Labute approximate surface area is 185 Å². The molecule has 1 amide bonds. The van der Waals surface area contributed by atoms with E-state index in [1.165, 1.54) is 4.90 Å². The molecule has 1 unspecified atom stereocenters. The SMILES string of the molecule is CCNC(=NCc1cccc(OCC(=O)N(C)C)c1)NCC(C)Oc1ccccc1C. The molecule has 0 spiro atoms. The summed E-state index contributed by atoms with van der Waals surface area (Å²) in [6.07, 6.45) is -0.0177. The van der Waals surface area contributed by atoms with Gasteiger partial charge >= 0.3 is 0 Å². The highest BCUT2D eigenvalue weighted by atomic mass is 16.5. The van der Waals surface area contributed by atoms with Crippen molar-refractivity contribution >= 4 is 11.9 Å². The van der Waals surface area contributed by atoms with E-state index in [4.69, 9.17) is 9.47 Å². The number of hydrogen-bond donors (Lipinski definition) is 2. The number of likely N-dealkylation sites (N-methyl/N-ethyl adjacent to an activating group) is 1. The number of ether oxygens (including phenoxy) is 2. The van der Waals surface area contributed by atoms with E-state index >= 15 is 0 Å². The molecule has 2 aromatic carbocycles. The third-order valence-corrected chi connectivity index (χ3v) is 4.50. The largest absolute Gasteiger partial charge is 0.489 e. The number of carbonyl (C=O) groups excluding carboxylic acids is 1. The van der Waals surface area contributed by atoms with Crippen LogP contribution in [0.2, 0.25) is 0 Å². The summed E-state index contributed by atoms with van der Waals surface area (Å²) in [6.45, 7) is 7.98. The minimum absolute atomic E-state index is 0.0166. The molecule has 0 bridgehead atoms. The number of nitrogens with zero attached hydrogens (tertiary/aromatic N) is 2. The highest BCUT2D eigenvalue weighted by Gasteiger charge is 2.08. The number of carbonyl (C=O) groups is 1. The van der Waals surface area contributed by atoms with Crippen LogP contribution in [0.5, 0.6) is 11.5 Å². The first kappa shape index (κ1) is 24.1.